The lowest BCUT2D eigenvalue weighted by Gasteiger charge is -2.12. The quantitative estimate of drug-likeness (QED) is 0.890. The van der Waals surface area contributed by atoms with Gasteiger partial charge in [-0.2, -0.15) is 10.1 Å². The van der Waals surface area contributed by atoms with Crippen LogP contribution in [0.1, 0.15) is 36.2 Å². The molecule has 0 radical (unpaired) electrons. The summed E-state index contributed by atoms with van der Waals surface area (Å²) in [5, 5.41) is 7.11. The molecule has 3 rings (SSSR count). The van der Waals surface area contributed by atoms with E-state index in [4.69, 9.17) is 4.74 Å². The van der Waals surface area contributed by atoms with E-state index in [2.05, 4.69) is 20.4 Å². The van der Waals surface area contributed by atoms with E-state index in [-0.39, 0.29) is 12.0 Å². The smallest absolute Gasteiger partial charge is 0.252 e. The first-order valence-electron chi connectivity index (χ1n) is 7.69. The Morgan fingerprint density at radius 2 is 2.36 bits per heavy atom. The van der Waals surface area contributed by atoms with Crippen LogP contribution in [0.2, 0.25) is 0 Å². The van der Waals surface area contributed by atoms with E-state index in [9.17, 15) is 4.79 Å². The van der Waals surface area contributed by atoms with Crippen molar-refractivity contribution in [3.05, 3.63) is 23.3 Å². The molecule has 7 nitrogen and oxygen atoms in total. The molecule has 1 amide bonds. The highest BCUT2D eigenvalue weighted by Crippen LogP contribution is 2.15. The fourth-order valence-corrected chi connectivity index (χ4v) is 2.88. The monoisotopic (exact) mass is 303 g/mol. The average Bonchev–Trinajstić information content (AvgIpc) is 3.15. The molecule has 118 valence electrons. The predicted octanol–water partition coefficient (Wildman–Crippen LogP) is 0.969. The Hall–Kier alpha value is -2.02. The van der Waals surface area contributed by atoms with Gasteiger partial charge >= 0.3 is 0 Å². The van der Waals surface area contributed by atoms with Gasteiger partial charge in [0.1, 0.15) is 6.33 Å². The van der Waals surface area contributed by atoms with E-state index in [1.807, 2.05) is 13.8 Å². The first kappa shape index (κ1) is 14.9. The van der Waals surface area contributed by atoms with Crippen molar-refractivity contribution in [2.75, 3.05) is 13.2 Å². The second-order valence-electron chi connectivity index (χ2n) is 5.67. The molecule has 0 bridgehead atoms. The molecule has 7 heteroatoms. The largest absolute Gasteiger partial charge is 0.376 e. The number of ether oxygens (including phenoxy) is 1. The lowest BCUT2D eigenvalue weighted by atomic mass is 10.1. The summed E-state index contributed by atoms with van der Waals surface area (Å²) in [6.45, 7) is 5.34. The molecule has 1 fully saturated rings. The maximum atomic E-state index is 12.0. The van der Waals surface area contributed by atoms with Gasteiger partial charge in [-0.3, -0.25) is 4.79 Å². The van der Waals surface area contributed by atoms with Gasteiger partial charge in [0.05, 0.1) is 6.10 Å². The van der Waals surface area contributed by atoms with Crippen molar-refractivity contribution in [1.29, 1.82) is 0 Å². The van der Waals surface area contributed by atoms with Gasteiger partial charge in [0.2, 0.25) is 5.91 Å². The Bertz CT molecular complexity index is 676. The maximum absolute atomic E-state index is 12.0. The molecule has 1 atom stereocenters. The maximum Gasteiger partial charge on any atom is 0.252 e. The second kappa shape index (κ2) is 6.39. The van der Waals surface area contributed by atoms with E-state index >= 15 is 0 Å². The molecule has 0 aliphatic carbocycles. The molecule has 0 saturated carbocycles. The Labute approximate surface area is 129 Å². The lowest BCUT2D eigenvalue weighted by Crippen LogP contribution is -2.32. The summed E-state index contributed by atoms with van der Waals surface area (Å²) < 4.78 is 7.22. The van der Waals surface area contributed by atoms with E-state index in [1.54, 1.807) is 4.52 Å². The van der Waals surface area contributed by atoms with Crippen molar-refractivity contribution in [2.24, 2.45) is 0 Å². The summed E-state index contributed by atoms with van der Waals surface area (Å²) in [7, 11) is 0. The van der Waals surface area contributed by atoms with Crippen molar-refractivity contribution in [3.8, 4) is 0 Å². The zero-order chi connectivity index (χ0) is 15.5. The molecular weight excluding hydrogens is 282 g/mol. The normalized spacial score (nSPS) is 18.0. The number of hydrogen-bond donors (Lipinski definition) is 1. The van der Waals surface area contributed by atoms with Crippen molar-refractivity contribution < 1.29 is 9.53 Å². The molecule has 1 aliphatic heterocycles. The number of fused-ring (bicyclic) bond motifs is 1. The fourth-order valence-electron chi connectivity index (χ4n) is 2.88. The van der Waals surface area contributed by atoms with E-state index in [0.717, 1.165) is 36.4 Å². The van der Waals surface area contributed by atoms with Crippen molar-refractivity contribution >= 4 is 11.7 Å². The first-order valence-corrected chi connectivity index (χ1v) is 7.69. The Balaban J connectivity index is 1.59. The Morgan fingerprint density at radius 3 is 3.14 bits per heavy atom. The van der Waals surface area contributed by atoms with Crippen LogP contribution in [-0.4, -0.2) is 44.7 Å². The van der Waals surface area contributed by atoms with Crippen LogP contribution in [0.15, 0.2) is 6.33 Å². The molecule has 1 aliphatic rings. The molecule has 0 aromatic carbocycles. The van der Waals surface area contributed by atoms with Crippen molar-refractivity contribution in [3.63, 3.8) is 0 Å². The highest BCUT2D eigenvalue weighted by Gasteiger charge is 2.17. The van der Waals surface area contributed by atoms with Gasteiger partial charge in [0.15, 0.2) is 0 Å². The van der Waals surface area contributed by atoms with Crippen LogP contribution in [0.4, 0.5) is 0 Å². The third-order valence-electron chi connectivity index (χ3n) is 4.14. The van der Waals surface area contributed by atoms with E-state index in [0.29, 0.717) is 25.2 Å². The van der Waals surface area contributed by atoms with Crippen LogP contribution in [0.5, 0.6) is 0 Å². The predicted molar refractivity (Wildman–Crippen MR) is 80.6 cm³/mol. The van der Waals surface area contributed by atoms with Crippen LogP contribution in [0, 0.1) is 13.8 Å². The van der Waals surface area contributed by atoms with Gasteiger partial charge in [0, 0.05) is 31.0 Å². The second-order valence-corrected chi connectivity index (χ2v) is 5.67. The van der Waals surface area contributed by atoms with Gasteiger partial charge in [0.25, 0.3) is 5.78 Å². The molecule has 1 N–H and O–H groups in total. The molecule has 2 aromatic heterocycles. The number of amides is 1. The fraction of sp³-hybridized carbons (Fsp3) is 0.600. The number of carbonyl (C=O) groups excluding carboxylic acids is 1. The van der Waals surface area contributed by atoms with Gasteiger partial charge in [-0.05, 0) is 38.7 Å². The number of aryl methyl sites for hydroxylation is 2. The molecular formula is C15H21N5O2. The molecule has 0 unspecified atom stereocenters. The van der Waals surface area contributed by atoms with Crippen LogP contribution in [-0.2, 0) is 16.0 Å². The van der Waals surface area contributed by atoms with E-state index < -0.39 is 0 Å². The highest BCUT2D eigenvalue weighted by molar-refractivity contribution is 5.76. The lowest BCUT2D eigenvalue weighted by molar-refractivity contribution is -0.121. The van der Waals surface area contributed by atoms with Gasteiger partial charge in [-0.15, -0.1) is 0 Å². The minimum Gasteiger partial charge on any atom is -0.376 e. The molecule has 22 heavy (non-hydrogen) atoms. The standard InChI is InChI=1S/C15H21N5O2/c1-10-13(11(2)20-15(19-10)17-9-18-20)5-6-14(21)16-8-12-4-3-7-22-12/h9,12H,3-8H2,1-2H3,(H,16,21)/t12-/m1/s1. The van der Waals surface area contributed by atoms with Crippen molar-refractivity contribution in [2.45, 2.75) is 45.6 Å². The van der Waals surface area contributed by atoms with Crippen molar-refractivity contribution in [1.82, 2.24) is 24.9 Å². The van der Waals surface area contributed by atoms with Crippen LogP contribution < -0.4 is 5.32 Å². The summed E-state index contributed by atoms with van der Waals surface area (Å²) in [6, 6.07) is 0. The summed E-state index contributed by atoms with van der Waals surface area (Å²) in [4.78, 5) is 20.5. The third-order valence-corrected chi connectivity index (χ3v) is 4.14. The molecule has 3 heterocycles. The number of aromatic nitrogens is 4. The summed E-state index contributed by atoms with van der Waals surface area (Å²) >= 11 is 0. The average molecular weight is 303 g/mol. The topological polar surface area (TPSA) is 81.4 Å². The van der Waals surface area contributed by atoms with E-state index in [1.165, 1.54) is 6.33 Å². The molecule has 0 spiro atoms. The highest BCUT2D eigenvalue weighted by atomic mass is 16.5. The van der Waals surface area contributed by atoms with Crippen LogP contribution >= 0.6 is 0 Å². The minimum absolute atomic E-state index is 0.0491. The SMILES string of the molecule is Cc1nc2ncnn2c(C)c1CCC(=O)NC[C@H]1CCCO1. The Kier molecular flexibility index (Phi) is 4.33. The zero-order valence-corrected chi connectivity index (χ0v) is 13.0. The summed E-state index contributed by atoms with van der Waals surface area (Å²) in [5.74, 6) is 0.648. The number of nitrogens with one attached hydrogen (secondary N) is 1. The first-order chi connectivity index (χ1) is 10.6. The van der Waals surface area contributed by atoms with Crippen LogP contribution in [0.3, 0.4) is 0 Å². The Morgan fingerprint density at radius 1 is 1.50 bits per heavy atom. The summed E-state index contributed by atoms with van der Waals surface area (Å²) in [6.07, 6.45) is 4.88. The molecule has 2 aromatic rings. The number of nitrogens with zero attached hydrogens (tertiary/aromatic N) is 4. The van der Waals surface area contributed by atoms with Gasteiger partial charge < -0.3 is 10.1 Å². The summed E-state index contributed by atoms with van der Waals surface area (Å²) in [5.41, 5.74) is 2.96. The van der Waals surface area contributed by atoms with Crippen LogP contribution in [0.25, 0.3) is 5.78 Å². The minimum atomic E-state index is 0.0491. The zero-order valence-electron chi connectivity index (χ0n) is 13.0. The third kappa shape index (κ3) is 3.09. The number of carbonyl (C=O) groups is 1. The van der Waals surface area contributed by atoms with Gasteiger partial charge in [-0.1, -0.05) is 0 Å². The molecule has 1 saturated heterocycles. The van der Waals surface area contributed by atoms with Gasteiger partial charge in [-0.25, -0.2) is 9.50 Å². The number of rotatable bonds is 5. The number of hydrogen-bond acceptors (Lipinski definition) is 5.